The van der Waals surface area contributed by atoms with E-state index in [1.54, 1.807) is 26.1 Å². The lowest BCUT2D eigenvalue weighted by molar-refractivity contribution is 0.102. The molecule has 0 radical (unpaired) electrons. The zero-order valence-corrected chi connectivity index (χ0v) is 11.1. The summed E-state index contributed by atoms with van der Waals surface area (Å²) in [5, 5.41) is 9.77. The SMILES string of the molecule is Cc1cnc(Cl)c(NC(=O)c2c(C)n[nH]c2C)c1. The molecule has 0 unspecified atom stereocenters. The second kappa shape index (κ2) is 4.78. The van der Waals surface area contributed by atoms with Crippen molar-refractivity contribution in [3.05, 3.63) is 39.9 Å². The summed E-state index contributed by atoms with van der Waals surface area (Å²) < 4.78 is 0. The van der Waals surface area contributed by atoms with Gasteiger partial charge in [-0.1, -0.05) is 11.6 Å². The zero-order valence-electron chi connectivity index (χ0n) is 10.3. The average Bonchev–Trinajstić information content (AvgIpc) is 2.63. The van der Waals surface area contributed by atoms with E-state index in [4.69, 9.17) is 11.6 Å². The van der Waals surface area contributed by atoms with Gasteiger partial charge in [0.05, 0.1) is 16.9 Å². The number of aryl methyl sites for hydroxylation is 3. The maximum absolute atomic E-state index is 12.1. The first-order chi connectivity index (χ1) is 8.49. The highest BCUT2D eigenvalue weighted by atomic mass is 35.5. The van der Waals surface area contributed by atoms with Crippen molar-refractivity contribution in [2.24, 2.45) is 0 Å². The van der Waals surface area contributed by atoms with E-state index in [0.717, 1.165) is 11.3 Å². The van der Waals surface area contributed by atoms with Crippen molar-refractivity contribution in [2.45, 2.75) is 20.8 Å². The van der Waals surface area contributed by atoms with E-state index in [0.29, 0.717) is 16.9 Å². The van der Waals surface area contributed by atoms with Gasteiger partial charge in [-0.2, -0.15) is 5.10 Å². The number of aromatic nitrogens is 3. The molecule has 0 aliphatic carbocycles. The Balaban J connectivity index is 2.30. The summed E-state index contributed by atoms with van der Waals surface area (Å²) in [7, 11) is 0. The smallest absolute Gasteiger partial charge is 0.259 e. The van der Waals surface area contributed by atoms with Crippen LogP contribution in [0.1, 0.15) is 27.3 Å². The van der Waals surface area contributed by atoms with Crippen LogP contribution < -0.4 is 5.32 Å². The van der Waals surface area contributed by atoms with Gasteiger partial charge in [-0.25, -0.2) is 4.98 Å². The van der Waals surface area contributed by atoms with Crippen LogP contribution in [0.25, 0.3) is 0 Å². The van der Waals surface area contributed by atoms with Crippen LogP contribution >= 0.6 is 11.6 Å². The Morgan fingerprint density at radius 2 is 2.11 bits per heavy atom. The standard InChI is InChI=1S/C12H13ClN4O/c1-6-4-9(11(13)14-5-6)15-12(18)10-7(2)16-17-8(10)3/h4-5H,1-3H3,(H,15,18)(H,16,17). The molecule has 0 aliphatic heterocycles. The van der Waals surface area contributed by atoms with Gasteiger partial charge < -0.3 is 5.32 Å². The molecule has 2 aromatic heterocycles. The number of anilines is 1. The molecule has 94 valence electrons. The Morgan fingerprint density at radius 1 is 1.39 bits per heavy atom. The number of carbonyl (C=O) groups is 1. The van der Waals surface area contributed by atoms with Gasteiger partial charge in [0.25, 0.3) is 5.91 Å². The molecule has 6 heteroatoms. The molecule has 0 saturated heterocycles. The second-order valence-electron chi connectivity index (χ2n) is 4.11. The summed E-state index contributed by atoms with van der Waals surface area (Å²) in [5.74, 6) is -0.243. The number of amides is 1. The van der Waals surface area contributed by atoms with Crippen LogP contribution in [0.2, 0.25) is 5.15 Å². The molecular weight excluding hydrogens is 252 g/mol. The number of hydrogen-bond donors (Lipinski definition) is 2. The third-order valence-electron chi connectivity index (χ3n) is 2.58. The molecule has 2 aromatic rings. The lowest BCUT2D eigenvalue weighted by Crippen LogP contribution is -2.14. The van der Waals surface area contributed by atoms with Crippen LogP contribution in [-0.2, 0) is 0 Å². The first kappa shape index (κ1) is 12.6. The Morgan fingerprint density at radius 3 is 2.72 bits per heavy atom. The lowest BCUT2D eigenvalue weighted by atomic mass is 10.2. The van der Waals surface area contributed by atoms with Gasteiger partial charge in [-0.3, -0.25) is 9.89 Å². The third-order valence-corrected chi connectivity index (χ3v) is 2.88. The van der Waals surface area contributed by atoms with E-state index in [2.05, 4.69) is 20.5 Å². The number of nitrogens with zero attached hydrogens (tertiary/aromatic N) is 2. The molecule has 2 heterocycles. The normalized spacial score (nSPS) is 10.4. The highest BCUT2D eigenvalue weighted by Gasteiger charge is 2.16. The minimum atomic E-state index is -0.243. The fraction of sp³-hybridized carbons (Fsp3) is 0.250. The Bertz CT molecular complexity index is 587. The number of H-pyrrole nitrogens is 1. The highest BCUT2D eigenvalue weighted by molar-refractivity contribution is 6.32. The first-order valence-electron chi connectivity index (χ1n) is 5.44. The van der Waals surface area contributed by atoms with Crippen LogP contribution in [0, 0.1) is 20.8 Å². The molecule has 0 aromatic carbocycles. The molecule has 0 aliphatic rings. The zero-order chi connectivity index (χ0) is 13.3. The van der Waals surface area contributed by atoms with Crippen LogP contribution in [0.5, 0.6) is 0 Å². The molecule has 2 N–H and O–H groups in total. The number of nitrogens with one attached hydrogen (secondary N) is 2. The van der Waals surface area contributed by atoms with Crippen molar-refractivity contribution in [1.82, 2.24) is 15.2 Å². The molecule has 5 nitrogen and oxygen atoms in total. The summed E-state index contributed by atoms with van der Waals surface area (Å²) >= 11 is 5.93. The van der Waals surface area contributed by atoms with E-state index >= 15 is 0 Å². The molecule has 0 saturated carbocycles. The van der Waals surface area contributed by atoms with Gasteiger partial charge in [0.1, 0.15) is 0 Å². The van der Waals surface area contributed by atoms with Crippen molar-refractivity contribution < 1.29 is 4.79 Å². The van der Waals surface area contributed by atoms with Crippen molar-refractivity contribution in [1.29, 1.82) is 0 Å². The van der Waals surface area contributed by atoms with Gasteiger partial charge >= 0.3 is 0 Å². The Hall–Kier alpha value is -1.88. The Kier molecular flexibility index (Phi) is 3.34. The number of carbonyl (C=O) groups excluding carboxylic acids is 1. The summed E-state index contributed by atoms with van der Waals surface area (Å²) in [6, 6.07) is 1.78. The summed E-state index contributed by atoms with van der Waals surface area (Å²) in [4.78, 5) is 16.1. The number of halogens is 1. The maximum atomic E-state index is 12.1. The predicted octanol–water partition coefficient (Wildman–Crippen LogP) is 2.64. The first-order valence-corrected chi connectivity index (χ1v) is 5.82. The van der Waals surface area contributed by atoms with Gasteiger partial charge in [-0.15, -0.1) is 0 Å². The number of pyridine rings is 1. The van der Waals surface area contributed by atoms with Crippen LogP contribution in [0.4, 0.5) is 5.69 Å². The topological polar surface area (TPSA) is 70.7 Å². The second-order valence-corrected chi connectivity index (χ2v) is 4.47. The van der Waals surface area contributed by atoms with Crippen molar-refractivity contribution >= 4 is 23.2 Å². The van der Waals surface area contributed by atoms with Gasteiger partial charge in [0, 0.05) is 11.9 Å². The van der Waals surface area contributed by atoms with E-state index in [1.807, 2.05) is 6.92 Å². The van der Waals surface area contributed by atoms with Crippen molar-refractivity contribution in [3.63, 3.8) is 0 Å². The van der Waals surface area contributed by atoms with Gasteiger partial charge in [0.2, 0.25) is 0 Å². The average molecular weight is 265 g/mol. The molecular formula is C12H13ClN4O. The highest BCUT2D eigenvalue weighted by Crippen LogP contribution is 2.21. The van der Waals surface area contributed by atoms with Crippen molar-refractivity contribution in [3.8, 4) is 0 Å². The predicted molar refractivity (Wildman–Crippen MR) is 70.0 cm³/mol. The fourth-order valence-corrected chi connectivity index (χ4v) is 1.86. The monoisotopic (exact) mass is 264 g/mol. The van der Waals surface area contributed by atoms with Gasteiger partial charge in [0.15, 0.2) is 5.15 Å². The van der Waals surface area contributed by atoms with E-state index in [1.165, 1.54) is 0 Å². The molecule has 0 fully saturated rings. The summed E-state index contributed by atoms with van der Waals surface area (Å²) in [6.45, 7) is 5.45. The number of rotatable bonds is 2. The van der Waals surface area contributed by atoms with Crippen molar-refractivity contribution in [2.75, 3.05) is 5.32 Å². The largest absolute Gasteiger partial charge is 0.319 e. The minimum absolute atomic E-state index is 0.243. The lowest BCUT2D eigenvalue weighted by Gasteiger charge is -2.07. The Labute approximate surface area is 110 Å². The molecule has 0 spiro atoms. The fourth-order valence-electron chi connectivity index (χ4n) is 1.71. The minimum Gasteiger partial charge on any atom is -0.319 e. The van der Waals surface area contributed by atoms with E-state index in [9.17, 15) is 4.79 Å². The number of hydrogen-bond acceptors (Lipinski definition) is 3. The molecule has 0 atom stereocenters. The van der Waals surface area contributed by atoms with Gasteiger partial charge in [-0.05, 0) is 32.4 Å². The molecule has 2 rings (SSSR count). The van der Waals surface area contributed by atoms with Crippen LogP contribution in [0.3, 0.4) is 0 Å². The van der Waals surface area contributed by atoms with Crippen LogP contribution in [-0.4, -0.2) is 21.1 Å². The molecule has 0 bridgehead atoms. The number of aromatic amines is 1. The molecule has 1 amide bonds. The van der Waals surface area contributed by atoms with E-state index in [-0.39, 0.29) is 11.1 Å². The molecule has 18 heavy (non-hydrogen) atoms. The third kappa shape index (κ3) is 2.36. The van der Waals surface area contributed by atoms with E-state index < -0.39 is 0 Å². The summed E-state index contributed by atoms with van der Waals surface area (Å²) in [5.41, 5.74) is 3.34. The maximum Gasteiger partial charge on any atom is 0.259 e. The quantitative estimate of drug-likeness (QED) is 0.819. The summed E-state index contributed by atoms with van der Waals surface area (Å²) in [6.07, 6.45) is 1.65. The van der Waals surface area contributed by atoms with Crippen LogP contribution in [0.15, 0.2) is 12.3 Å².